The number of hydrogen-bond acceptors (Lipinski definition) is 9. The molecule has 3 aromatic rings. The van der Waals surface area contributed by atoms with Gasteiger partial charge in [-0.2, -0.15) is 0 Å². The van der Waals surface area contributed by atoms with Gasteiger partial charge in [0, 0.05) is 5.56 Å². The molecule has 1 atom stereocenters. The Balaban J connectivity index is 1.90. The lowest BCUT2D eigenvalue weighted by atomic mass is 9.99. The van der Waals surface area contributed by atoms with Gasteiger partial charge in [-0.1, -0.05) is 23.5 Å². The molecule has 2 aromatic heterocycles. The number of ether oxygens (including phenoxy) is 2. The number of rotatable bonds is 5. The van der Waals surface area contributed by atoms with Gasteiger partial charge in [0.1, 0.15) is 28.2 Å². The Morgan fingerprint density at radius 1 is 1.22 bits per heavy atom. The number of aliphatic hydroxyl groups excluding tert-OH is 1. The third-order valence-corrected chi connectivity index (χ3v) is 6.10. The van der Waals surface area contributed by atoms with Crippen LogP contribution in [0.3, 0.4) is 0 Å². The van der Waals surface area contributed by atoms with E-state index < -0.39 is 23.7 Å². The first kappa shape index (κ1) is 21.3. The van der Waals surface area contributed by atoms with Crippen LogP contribution in [0.5, 0.6) is 5.75 Å². The van der Waals surface area contributed by atoms with Crippen LogP contribution in [0, 0.1) is 6.92 Å². The molecule has 3 heterocycles. The normalized spacial score (nSPS) is 17.6. The number of benzene rings is 1. The predicted octanol–water partition coefficient (Wildman–Crippen LogP) is 3.47. The number of Topliss-reactive ketones (excluding diaryl/α,β-unsaturated/α-hetero) is 1. The van der Waals surface area contributed by atoms with Gasteiger partial charge in [-0.3, -0.25) is 14.5 Å². The van der Waals surface area contributed by atoms with E-state index in [2.05, 4.69) is 4.98 Å². The van der Waals surface area contributed by atoms with E-state index in [1.165, 1.54) is 20.5 Å². The van der Waals surface area contributed by atoms with E-state index in [-0.39, 0.29) is 27.1 Å². The van der Waals surface area contributed by atoms with Gasteiger partial charge < -0.3 is 19.0 Å². The molecule has 0 aliphatic carbocycles. The first-order chi connectivity index (χ1) is 15.4. The maximum absolute atomic E-state index is 13.1. The maximum atomic E-state index is 13.1. The summed E-state index contributed by atoms with van der Waals surface area (Å²) in [5.74, 6) is -2.07. The van der Waals surface area contributed by atoms with Crippen molar-refractivity contribution < 1.29 is 33.4 Å². The van der Waals surface area contributed by atoms with E-state index in [0.717, 1.165) is 16.2 Å². The number of anilines is 1. The molecule has 1 aromatic carbocycles. The van der Waals surface area contributed by atoms with Crippen molar-refractivity contribution in [1.29, 1.82) is 0 Å². The van der Waals surface area contributed by atoms with Crippen molar-refractivity contribution >= 4 is 39.9 Å². The molecule has 1 saturated heterocycles. The molecule has 10 heteroatoms. The Hall–Kier alpha value is -3.92. The van der Waals surface area contributed by atoms with Gasteiger partial charge in [0.05, 0.1) is 31.7 Å². The number of carbonyl (C=O) groups is 3. The van der Waals surface area contributed by atoms with E-state index in [0.29, 0.717) is 17.0 Å². The number of thiazole rings is 1. The van der Waals surface area contributed by atoms with E-state index in [1.807, 2.05) is 0 Å². The quantitative estimate of drug-likeness (QED) is 0.269. The highest BCUT2D eigenvalue weighted by molar-refractivity contribution is 7.17. The van der Waals surface area contributed by atoms with Crippen LogP contribution in [0.2, 0.25) is 0 Å². The van der Waals surface area contributed by atoms with Crippen molar-refractivity contribution in [3.63, 3.8) is 0 Å². The summed E-state index contributed by atoms with van der Waals surface area (Å²) in [5, 5.41) is 11.1. The third kappa shape index (κ3) is 3.44. The molecule has 0 bridgehead atoms. The summed E-state index contributed by atoms with van der Waals surface area (Å²) in [6.07, 6.45) is 1.40. The third-order valence-electron chi connectivity index (χ3n) is 4.96. The molecule has 0 saturated carbocycles. The Labute approximate surface area is 186 Å². The van der Waals surface area contributed by atoms with Crippen LogP contribution in [-0.4, -0.2) is 42.0 Å². The smallest absolute Gasteiger partial charge is 0.350 e. The predicted molar refractivity (Wildman–Crippen MR) is 115 cm³/mol. The number of amides is 1. The van der Waals surface area contributed by atoms with Crippen LogP contribution in [-0.2, 0) is 14.3 Å². The van der Waals surface area contributed by atoms with Crippen LogP contribution >= 0.6 is 11.3 Å². The summed E-state index contributed by atoms with van der Waals surface area (Å²) in [6.45, 7) is 1.60. The highest BCUT2D eigenvalue weighted by Gasteiger charge is 2.49. The topological polar surface area (TPSA) is 119 Å². The zero-order valence-electron chi connectivity index (χ0n) is 17.3. The van der Waals surface area contributed by atoms with Gasteiger partial charge in [-0.25, -0.2) is 9.78 Å². The number of furan rings is 1. The van der Waals surface area contributed by atoms with Crippen molar-refractivity contribution in [2.45, 2.75) is 13.0 Å². The number of hydrogen-bond donors (Lipinski definition) is 1. The van der Waals surface area contributed by atoms with Gasteiger partial charge in [0.15, 0.2) is 5.13 Å². The van der Waals surface area contributed by atoms with Crippen molar-refractivity contribution in [2.24, 2.45) is 0 Å². The second kappa shape index (κ2) is 8.31. The minimum absolute atomic E-state index is 0.107. The fraction of sp³-hybridized carbons (Fsp3) is 0.182. The standard InChI is InChI=1S/C22H18N2O7S/c1-11-19(21(28)30-3)32-22(23-11)24-16(14-8-5-9-31-14)15(18(26)20(24)27)17(25)12-6-4-7-13(10-12)29-2/h4-10,16,25H,1-3H3/b17-15+. The molecule has 1 unspecified atom stereocenters. The molecule has 4 rings (SSSR count). The molecule has 1 fully saturated rings. The summed E-state index contributed by atoms with van der Waals surface area (Å²) in [4.78, 5) is 43.8. The Morgan fingerprint density at radius 2 is 2.00 bits per heavy atom. The largest absolute Gasteiger partial charge is 0.507 e. The highest BCUT2D eigenvalue weighted by Crippen LogP contribution is 2.44. The number of nitrogens with zero attached hydrogens (tertiary/aromatic N) is 2. The summed E-state index contributed by atoms with van der Waals surface area (Å²) in [5.41, 5.74) is 0.486. The fourth-order valence-corrected chi connectivity index (χ4v) is 4.45. The SMILES string of the molecule is COC(=O)c1sc(N2C(=O)C(=O)/C(=C(/O)c3cccc(OC)c3)C2c2ccco2)nc1C. The van der Waals surface area contributed by atoms with Crippen LogP contribution in [0.4, 0.5) is 5.13 Å². The van der Waals surface area contributed by atoms with Crippen LogP contribution in [0.15, 0.2) is 52.7 Å². The zero-order chi connectivity index (χ0) is 23.0. The van der Waals surface area contributed by atoms with Crippen molar-refractivity contribution in [3.8, 4) is 5.75 Å². The van der Waals surface area contributed by atoms with Gasteiger partial charge in [0.25, 0.3) is 5.78 Å². The van der Waals surface area contributed by atoms with E-state index in [9.17, 15) is 19.5 Å². The van der Waals surface area contributed by atoms with Gasteiger partial charge in [-0.15, -0.1) is 0 Å². The molecular weight excluding hydrogens is 436 g/mol. The summed E-state index contributed by atoms with van der Waals surface area (Å²) in [6, 6.07) is 8.59. The minimum Gasteiger partial charge on any atom is -0.507 e. The first-order valence-electron chi connectivity index (χ1n) is 9.42. The molecule has 32 heavy (non-hydrogen) atoms. The Kier molecular flexibility index (Phi) is 5.54. The molecule has 1 aliphatic heterocycles. The molecule has 9 nitrogen and oxygen atoms in total. The van der Waals surface area contributed by atoms with Crippen molar-refractivity contribution in [3.05, 3.63) is 70.1 Å². The molecule has 0 radical (unpaired) electrons. The minimum atomic E-state index is -1.08. The van der Waals surface area contributed by atoms with Crippen molar-refractivity contribution in [1.82, 2.24) is 4.98 Å². The molecule has 1 amide bonds. The number of aryl methyl sites for hydroxylation is 1. The maximum Gasteiger partial charge on any atom is 0.350 e. The number of aromatic nitrogens is 1. The van der Waals surface area contributed by atoms with Crippen molar-refractivity contribution in [2.75, 3.05) is 19.1 Å². The lowest BCUT2D eigenvalue weighted by Crippen LogP contribution is -2.29. The first-order valence-corrected chi connectivity index (χ1v) is 10.2. The molecule has 1 aliphatic rings. The lowest BCUT2D eigenvalue weighted by Gasteiger charge is -2.20. The number of aliphatic hydroxyl groups is 1. The second-order valence-corrected chi connectivity index (χ2v) is 7.80. The zero-order valence-corrected chi connectivity index (χ0v) is 18.1. The van der Waals surface area contributed by atoms with Crippen LogP contribution < -0.4 is 9.64 Å². The van der Waals surface area contributed by atoms with E-state index in [1.54, 1.807) is 43.3 Å². The molecule has 1 N–H and O–H groups in total. The monoisotopic (exact) mass is 454 g/mol. The highest BCUT2D eigenvalue weighted by atomic mass is 32.1. The van der Waals surface area contributed by atoms with Crippen LogP contribution in [0.25, 0.3) is 5.76 Å². The van der Waals surface area contributed by atoms with Gasteiger partial charge in [0.2, 0.25) is 0 Å². The number of methoxy groups -OCH3 is 2. The molecule has 164 valence electrons. The lowest BCUT2D eigenvalue weighted by molar-refractivity contribution is -0.132. The summed E-state index contributed by atoms with van der Waals surface area (Å²) in [7, 11) is 2.72. The number of carbonyl (C=O) groups excluding carboxylic acids is 3. The number of esters is 1. The average molecular weight is 454 g/mol. The fourth-order valence-electron chi connectivity index (χ4n) is 3.44. The Bertz CT molecular complexity index is 1240. The molecular formula is C22H18N2O7S. The van der Waals surface area contributed by atoms with E-state index in [4.69, 9.17) is 13.9 Å². The van der Waals surface area contributed by atoms with E-state index >= 15 is 0 Å². The summed E-state index contributed by atoms with van der Waals surface area (Å²) < 4.78 is 15.4. The van der Waals surface area contributed by atoms with Crippen LogP contribution in [0.1, 0.15) is 32.7 Å². The second-order valence-electron chi connectivity index (χ2n) is 6.82. The van der Waals surface area contributed by atoms with Gasteiger partial charge >= 0.3 is 11.9 Å². The van der Waals surface area contributed by atoms with Gasteiger partial charge in [-0.05, 0) is 31.2 Å². The molecule has 0 spiro atoms. The summed E-state index contributed by atoms with van der Waals surface area (Å²) >= 11 is 0.913. The Morgan fingerprint density at radius 3 is 2.66 bits per heavy atom. The number of ketones is 1. The average Bonchev–Trinajstić information content (AvgIpc) is 3.52.